The Hall–Kier alpha value is -1.60. The van der Waals surface area contributed by atoms with E-state index in [4.69, 9.17) is 4.74 Å². The molecule has 0 aliphatic heterocycles. The van der Waals surface area contributed by atoms with E-state index in [2.05, 4.69) is 34.6 Å². The Balaban J connectivity index is 1.63. The Bertz CT molecular complexity index is 733. The van der Waals surface area contributed by atoms with Crippen LogP contribution in [0.4, 0.5) is 5.13 Å². The van der Waals surface area contributed by atoms with Crippen molar-refractivity contribution in [3.05, 3.63) is 29.3 Å². The van der Waals surface area contributed by atoms with Crippen molar-refractivity contribution in [1.29, 1.82) is 0 Å². The van der Waals surface area contributed by atoms with Crippen LogP contribution in [0.15, 0.2) is 22.5 Å². The first-order chi connectivity index (χ1) is 12.2. The van der Waals surface area contributed by atoms with Crippen molar-refractivity contribution < 1.29 is 9.53 Å². The summed E-state index contributed by atoms with van der Waals surface area (Å²) in [5, 5.41) is 11.4. The van der Waals surface area contributed by atoms with E-state index in [0.717, 1.165) is 28.7 Å². The van der Waals surface area contributed by atoms with Crippen molar-refractivity contribution in [2.75, 3.05) is 11.1 Å². The second kappa shape index (κ2) is 8.67. The fraction of sp³-hybridized carbons (Fsp3) is 0.500. The summed E-state index contributed by atoms with van der Waals surface area (Å²) in [6.07, 6.45) is 4.78. The van der Waals surface area contributed by atoms with Crippen LogP contribution < -0.4 is 10.1 Å². The van der Waals surface area contributed by atoms with Crippen LogP contribution in [-0.2, 0) is 17.6 Å². The number of ether oxygens (including phenoxy) is 1. The van der Waals surface area contributed by atoms with Crippen molar-refractivity contribution in [3.8, 4) is 5.75 Å². The number of fused-ring (bicyclic) bond motifs is 1. The third-order valence-electron chi connectivity index (χ3n) is 4.17. The van der Waals surface area contributed by atoms with Crippen LogP contribution in [0.3, 0.4) is 0 Å². The fourth-order valence-electron chi connectivity index (χ4n) is 2.90. The lowest BCUT2D eigenvalue weighted by molar-refractivity contribution is -0.122. The van der Waals surface area contributed by atoms with Crippen LogP contribution in [0.1, 0.15) is 44.2 Å². The van der Waals surface area contributed by atoms with Gasteiger partial charge in [-0.05, 0) is 61.1 Å². The van der Waals surface area contributed by atoms with Crippen molar-refractivity contribution >= 4 is 34.1 Å². The van der Waals surface area contributed by atoms with Crippen LogP contribution in [0, 0.1) is 0 Å². The van der Waals surface area contributed by atoms with E-state index in [1.54, 1.807) is 11.8 Å². The number of benzene rings is 1. The number of hydrogen-bond acceptors (Lipinski definition) is 6. The van der Waals surface area contributed by atoms with Crippen molar-refractivity contribution in [3.63, 3.8) is 0 Å². The van der Waals surface area contributed by atoms with Gasteiger partial charge in [-0.2, -0.15) is 0 Å². The van der Waals surface area contributed by atoms with Gasteiger partial charge in [-0.3, -0.25) is 10.1 Å². The number of carbonyl (C=O) groups excluding carboxylic acids is 1. The summed E-state index contributed by atoms with van der Waals surface area (Å²) >= 11 is 3.01. The van der Waals surface area contributed by atoms with Crippen molar-refractivity contribution in [2.45, 2.75) is 56.4 Å². The average Bonchev–Trinajstić information content (AvgIpc) is 3.06. The van der Waals surface area contributed by atoms with Crippen molar-refractivity contribution in [1.82, 2.24) is 10.2 Å². The smallest absolute Gasteiger partial charge is 0.267 e. The largest absolute Gasteiger partial charge is 0.481 e. The molecule has 1 heterocycles. The van der Waals surface area contributed by atoms with Gasteiger partial charge in [0.1, 0.15) is 5.75 Å². The highest BCUT2D eigenvalue weighted by atomic mass is 32.2. The Kier molecular flexibility index (Phi) is 6.31. The molecule has 0 fully saturated rings. The molecule has 5 nitrogen and oxygen atoms in total. The maximum absolute atomic E-state index is 12.5. The number of thioether (sulfide) groups is 1. The number of nitrogens with one attached hydrogen (secondary N) is 1. The second-order valence-corrected chi connectivity index (χ2v) is 8.44. The zero-order valence-corrected chi connectivity index (χ0v) is 16.2. The Morgan fingerprint density at radius 3 is 2.84 bits per heavy atom. The minimum atomic E-state index is -0.534. The molecule has 2 aromatic rings. The van der Waals surface area contributed by atoms with Crippen LogP contribution >= 0.6 is 23.1 Å². The number of aromatic nitrogens is 2. The SMILES string of the molecule is CCSc1nnc(NC(=O)C(CC)Oc2ccc3c(c2)CCCC3)s1. The van der Waals surface area contributed by atoms with E-state index in [0.29, 0.717) is 11.6 Å². The third-order valence-corrected chi connectivity index (χ3v) is 6.02. The molecule has 1 atom stereocenters. The van der Waals surface area contributed by atoms with Gasteiger partial charge >= 0.3 is 0 Å². The van der Waals surface area contributed by atoms with Crippen LogP contribution in [0.2, 0.25) is 0 Å². The number of hydrogen-bond donors (Lipinski definition) is 1. The molecule has 0 saturated carbocycles. The normalized spacial score (nSPS) is 14.6. The maximum atomic E-state index is 12.5. The van der Waals surface area contributed by atoms with Gasteiger partial charge in [-0.15, -0.1) is 10.2 Å². The maximum Gasteiger partial charge on any atom is 0.267 e. The van der Waals surface area contributed by atoms with Crippen LogP contribution in [-0.4, -0.2) is 28.0 Å². The Morgan fingerprint density at radius 1 is 1.28 bits per heavy atom. The minimum Gasteiger partial charge on any atom is -0.481 e. The van der Waals surface area contributed by atoms with Gasteiger partial charge in [0, 0.05) is 0 Å². The number of nitrogens with zero attached hydrogens (tertiary/aromatic N) is 2. The molecule has 25 heavy (non-hydrogen) atoms. The van der Waals surface area contributed by atoms with Gasteiger partial charge in [-0.25, -0.2) is 0 Å². The summed E-state index contributed by atoms with van der Waals surface area (Å²) in [5.41, 5.74) is 2.76. The summed E-state index contributed by atoms with van der Waals surface area (Å²) < 4.78 is 6.82. The molecular formula is C18H23N3O2S2. The third kappa shape index (κ3) is 4.73. The molecule has 3 rings (SSSR count). The van der Waals surface area contributed by atoms with Gasteiger partial charge in [0.15, 0.2) is 10.4 Å². The molecule has 7 heteroatoms. The van der Waals surface area contributed by atoms with E-state index in [1.165, 1.54) is 35.3 Å². The van der Waals surface area contributed by atoms with Gasteiger partial charge in [0.05, 0.1) is 0 Å². The highest BCUT2D eigenvalue weighted by Gasteiger charge is 2.21. The lowest BCUT2D eigenvalue weighted by Crippen LogP contribution is -2.32. The number of aryl methyl sites for hydroxylation is 2. The standard InChI is InChI=1S/C18H23N3O2S2/c1-3-15(16(22)19-17-20-21-18(25-17)24-4-2)23-14-10-9-12-7-5-6-8-13(12)11-14/h9-11,15H,3-8H2,1-2H3,(H,19,20,22). The molecule has 1 N–H and O–H groups in total. The molecule has 0 radical (unpaired) electrons. The summed E-state index contributed by atoms with van der Waals surface area (Å²) in [6.45, 7) is 4.00. The first-order valence-corrected chi connectivity index (χ1v) is 10.6. The second-order valence-electron chi connectivity index (χ2n) is 5.95. The molecule has 0 saturated heterocycles. The van der Waals surface area contributed by atoms with Gasteiger partial charge in [0.25, 0.3) is 5.91 Å². The van der Waals surface area contributed by atoms with Gasteiger partial charge in [0.2, 0.25) is 5.13 Å². The van der Waals surface area contributed by atoms with Gasteiger partial charge < -0.3 is 4.74 Å². The first kappa shape index (κ1) is 18.2. The first-order valence-electron chi connectivity index (χ1n) is 8.75. The molecule has 1 amide bonds. The molecule has 0 bridgehead atoms. The summed E-state index contributed by atoms with van der Waals surface area (Å²) in [4.78, 5) is 12.5. The Labute approximate surface area is 156 Å². The predicted octanol–water partition coefficient (Wildman–Crippen LogP) is 4.33. The molecule has 1 aromatic heterocycles. The number of carbonyl (C=O) groups is 1. The number of anilines is 1. The lowest BCUT2D eigenvalue weighted by Gasteiger charge is -2.20. The van der Waals surface area contributed by atoms with E-state index in [9.17, 15) is 4.79 Å². The summed E-state index contributed by atoms with van der Waals surface area (Å²) in [6, 6.07) is 6.19. The number of rotatable bonds is 7. The van der Waals surface area contributed by atoms with E-state index in [1.807, 2.05) is 13.0 Å². The monoisotopic (exact) mass is 377 g/mol. The topological polar surface area (TPSA) is 64.1 Å². The van der Waals surface area contributed by atoms with Crippen LogP contribution in [0.5, 0.6) is 5.75 Å². The van der Waals surface area contributed by atoms with E-state index in [-0.39, 0.29) is 5.91 Å². The molecule has 1 unspecified atom stereocenters. The number of amides is 1. The zero-order valence-electron chi connectivity index (χ0n) is 14.6. The lowest BCUT2D eigenvalue weighted by atomic mass is 9.92. The molecule has 1 aliphatic rings. The highest BCUT2D eigenvalue weighted by Crippen LogP contribution is 2.27. The van der Waals surface area contributed by atoms with Crippen LogP contribution in [0.25, 0.3) is 0 Å². The molecule has 0 spiro atoms. The summed E-state index contributed by atoms with van der Waals surface area (Å²) in [7, 11) is 0. The van der Waals surface area contributed by atoms with E-state index >= 15 is 0 Å². The fourth-order valence-corrected chi connectivity index (χ4v) is 4.55. The van der Waals surface area contributed by atoms with E-state index < -0.39 is 6.10 Å². The molecule has 1 aliphatic carbocycles. The minimum absolute atomic E-state index is 0.176. The zero-order chi connectivity index (χ0) is 17.6. The van der Waals surface area contributed by atoms with Gasteiger partial charge in [-0.1, -0.05) is 43.0 Å². The molecular weight excluding hydrogens is 354 g/mol. The molecule has 1 aromatic carbocycles. The predicted molar refractivity (Wildman–Crippen MR) is 103 cm³/mol. The quantitative estimate of drug-likeness (QED) is 0.575. The van der Waals surface area contributed by atoms with Crippen molar-refractivity contribution in [2.24, 2.45) is 0 Å². The summed E-state index contributed by atoms with van der Waals surface area (Å²) in [5.74, 6) is 1.52. The Morgan fingerprint density at radius 2 is 2.08 bits per heavy atom. The highest BCUT2D eigenvalue weighted by molar-refractivity contribution is 8.01. The molecule has 134 valence electrons. The average molecular weight is 378 g/mol.